The van der Waals surface area contributed by atoms with E-state index in [0.29, 0.717) is 12.2 Å². The van der Waals surface area contributed by atoms with Crippen LogP contribution >= 0.6 is 0 Å². The highest BCUT2D eigenvalue weighted by Gasteiger charge is 2.06. The fourth-order valence-electron chi connectivity index (χ4n) is 1.46. The van der Waals surface area contributed by atoms with Gasteiger partial charge in [-0.2, -0.15) is 5.10 Å². The van der Waals surface area contributed by atoms with Gasteiger partial charge in [0.15, 0.2) is 0 Å². The van der Waals surface area contributed by atoms with E-state index in [-0.39, 0.29) is 0 Å². The van der Waals surface area contributed by atoms with Gasteiger partial charge < -0.3 is 5.73 Å². The van der Waals surface area contributed by atoms with Crippen molar-refractivity contribution in [3.05, 3.63) is 36.0 Å². The maximum Gasteiger partial charge on any atom is 0.138 e. The summed E-state index contributed by atoms with van der Waals surface area (Å²) in [6.45, 7) is 2.85. The number of nitrogens with two attached hydrogens (primary N) is 1. The first-order chi connectivity index (χ1) is 7.31. The summed E-state index contributed by atoms with van der Waals surface area (Å²) in [6.07, 6.45) is 3.92. The Morgan fingerprint density at radius 2 is 2.27 bits per heavy atom. The zero-order valence-electron chi connectivity index (χ0n) is 8.59. The molecule has 2 aromatic rings. The molecule has 0 aliphatic heterocycles. The number of aryl methyl sites for hydroxylation is 1. The lowest BCUT2D eigenvalue weighted by Gasteiger charge is -2.04. The minimum atomic E-state index is 0.558. The van der Waals surface area contributed by atoms with E-state index in [2.05, 4.69) is 15.1 Å². The van der Waals surface area contributed by atoms with Crippen molar-refractivity contribution in [3.8, 4) is 0 Å². The van der Waals surface area contributed by atoms with Gasteiger partial charge in [0.1, 0.15) is 18.0 Å². The van der Waals surface area contributed by atoms with E-state index in [1.807, 2.05) is 23.7 Å². The Bertz CT molecular complexity index is 449. The molecule has 2 aromatic heterocycles. The molecule has 0 aliphatic rings. The van der Waals surface area contributed by atoms with E-state index < -0.39 is 0 Å². The second-order valence-corrected chi connectivity index (χ2v) is 3.22. The van der Waals surface area contributed by atoms with Gasteiger partial charge in [-0.15, -0.1) is 0 Å². The van der Waals surface area contributed by atoms with Crippen LogP contribution in [0.1, 0.15) is 18.3 Å². The molecule has 78 valence electrons. The van der Waals surface area contributed by atoms with Gasteiger partial charge in [-0.25, -0.2) is 9.97 Å². The quantitative estimate of drug-likeness (QED) is 0.803. The van der Waals surface area contributed by atoms with Crippen molar-refractivity contribution in [2.75, 3.05) is 5.73 Å². The first kappa shape index (κ1) is 9.64. The summed E-state index contributed by atoms with van der Waals surface area (Å²) in [7, 11) is 0. The first-order valence-electron chi connectivity index (χ1n) is 4.87. The minimum absolute atomic E-state index is 0.558. The topological polar surface area (TPSA) is 69.6 Å². The van der Waals surface area contributed by atoms with Crippen LogP contribution in [0, 0.1) is 0 Å². The molecule has 0 spiro atoms. The summed E-state index contributed by atoms with van der Waals surface area (Å²) in [5.41, 5.74) is 6.75. The number of nitrogen functional groups attached to an aromatic ring is 1. The summed E-state index contributed by atoms with van der Waals surface area (Å²) in [6, 6.07) is 3.83. The van der Waals surface area contributed by atoms with Crippen LogP contribution in [-0.4, -0.2) is 19.7 Å². The molecule has 0 aliphatic carbocycles. The zero-order valence-corrected chi connectivity index (χ0v) is 8.59. The number of hydrogen-bond donors (Lipinski definition) is 1. The van der Waals surface area contributed by atoms with Crippen molar-refractivity contribution in [1.82, 2.24) is 19.7 Å². The average Bonchev–Trinajstić information content (AvgIpc) is 2.69. The van der Waals surface area contributed by atoms with Crippen LogP contribution in [0.2, 0.25) is 0 Å². The lowest BCUT2D eigenvalue weighted by atomic mass is 10.2. The lowest BCUT2D eigenvalue weighted by Crippen LogP contribution is -2.06. The summed E-state index contributed by atoms with van der Waals surface area (Å²) in [4.78, 5) is 8.23. The second kappa shape index (κ2) is 4.08. The van der Waals surface area contributed by atoms with E-state index in [4.69, 9.17) is 5.73 Å². The zero-order chi connectivity index (χ0) is 10.7. The number of hydrogen-bond acceptors (Lipinski definition) is 4. The van der Waals surface area contributed by atoms with Crippen LogP contribution in [0.15, 0.2) is 24.7 Å². The normalized spacial score (nSPS) is 10.5. The highest BCUT2D eigenvalue weighted by atomic mass is 15.3. The molecule has 0 aromatic carbocycles. The number of pyridine rings is 1. The molecule has 0 fully saturated rings. The van der Waals surface area contributed by atoms with Gasteiger partial charge in [-0.05, 0) is 13.0 Å². The molecule has 5 nitrogen and oxygen atoms in total. The van der Waals surface area contributed by atoms with Crippen LogP contribution in [0.4, 0.5) is 5.82 Å². The number of nitrogens with zero attached hydrogens (tertiary/aromatic N) is 4. The number of aromatic nitrogens is 4. The molecule has 2 heterocycles. The summed E-state index contributed by atoms with van der Waals surface area (Å²) >= 11 is 0. The molecule has 5 heteroatoms. The molecule has 2 rings (SSSR count). The monoisotopic (exact) mass is 203 g/mol. The molecule has 0 saturated heterocycles. The van der Waals surface area contributed by atoms with Crippen LogP contribution in [0.25, 0.3) is 0 Å². The fraction of sp³-hybridized carbons (Fsp3) is 0.300. The number of anilines is 1. The van der Waals surface area contributed by atoms with Gasteiger partial charge in [0.05, 0.1) is 0 Å². The predicted octanol–water partition coefficient (Wildman–Crippen LogP) is 0.866. The standard InChI is InChI=1S/C10H13N5/c1-2-15-9(13-7-14-15)6-8-4-3-5-12-10(8)11/h3-5,7H,2,6H2,1H3,(H2,11,12). The molecule has 15 heavy (non-hydrogen) atoms. The smallest absolute Gasteiger partial charge is 0.138 e. The van der Waals surface area contributed by atoms with Crippen molar-refractivity contribution in [2.45, 2.75) is 19.9 Å². The Morgan fingerprint density at radius 3 is 3.00 bits per heavy atom. The Morgan fingerprint density at radius 1 is 1.40 bits per heavy atom. The van der Waals surface area contributed by atoms with E-state index in [0.717, 1.165) is 17.9 Å². The Kier molecular flexibility index (Phi) is 2.62. The van der Waals surface area contributed by atoms with Crippen LogP contribution in [0.5, 0.6) is 0 Å². The Hall–Kier alpha value is -1.91. The molecule has 0 unspecified atom stereocenters. The summed E-state index contributed by atoms with van der Waals surface area (Å²) < 4.78 is 1.85. The maximum absolute atomic E-state index is 5.76. The molecule has 0 bridgehead atoms. The maximum atomic E-state index is 5.76. The van der Waals surface area contributed by atoms with Gasteiger partial charge in [0, 0.05) is 24.7 Å². The van der Waals surface area contributed by atoms with E-state index in [9.17, 15) is 0 Å². The third-order valence-electron chi connectivity index (χ3n) is 2.27. The molecular weight excluding hydrogens is 190 g/mol. The largest absolute Gasteiger partial charge is 0.383 e. The van der Waals surface area contributed by atoms with Gasteiger partial charge in [-0.1, -0.05) is 6.07 Å². The highest BCUT2D eigenvalue weighted by Crippen LogP contribution is 2.11. The molecule has 0 amide bonds. The van der Waals surface area contributed by atoms with Gasteiger partial charge in [0.2, 0.25) is 0 Å². The van der Waals surface area contributed by atoms with Crippen molar-refractivity contribution < 1.29 is 0 Å². The van der Waals surface area contributed by atoms with E-state index in [1.165, 1.54) is 0 Å². The van der Waals surface area contributed by atoms with Crippen molar-refractivity contribution in [1.29, 1.82) is 0 Å². The average molecular weight is 203 g/mol. The second-order valence-electron chi connectivity index (χ2n) is 3.22. The molecule has 0 radical (unpaired) electrons. The predicted molar refractivity (Wildman–Crippen MR) is 57.2 cm³/mol. The first-order valence-corrected chi connectivity index (χ1v) is 4.87. The van der Waals surface area contributed by atoms with Gasteiger partial charge in [0.25, 0.3) is 0 Å². The molecule has 0 saturated carbocycles. The number of rotatable bonds is 3. The third kappa shape index (κ3) is 1.96. The Labute approximate surface area is 88.0 Å². The molecule has 0 atom stereocenters. The van der Waals surface area contributed by atoms with Crippen molar-refractivity contribution in [3.63, 3.8) is 0 Å². The van der Waals surface area contributed by atoms with Crippen molar-refractivity contribution in [2.24, 2.45) is 0 Å². The van der Waals surface area contributed by atoms with Crippen LogP contribution < -0.4 is 5.73 Å². The summed E-state index contributed by atoms with van der Waals surface area (Å²) in [5, 5.41) is 4.10. The van der Waals surface area contributed by atoms with E-state index in [1.54, 1.807) is 12.5 Å². The van der Waals surface area contributed by atoms with Gasteiger partial charge >= 0.3 is 0 Å². The van der Waals surface area contributed by atoms with Crippen molar-refractivity contribution >= 4 is 5.82 Å². The Balaban J connectivity index is 2.26. The SMILES string of the molecule is CCn1ncnc1Cc1cccnc1N. The fourth-order valence-corrected chi connectivity index (χ4v) is 1.46. The van der Waals surface area contributed by atoms with E-state index >= 15 is 0 Å². The highest BCUT2D eigenvalue weighted by molar-refractivity contribution is 5.40. The third-order valence-corrected chi connectivity index (χ3v) is 2.27. The van der Waals surface area contributed by atoms with Crippen LogP contribution in [-0.2, 0) is 13.0 Å². The lowest BCUT2D eigenvalue weighted by molar-refractivity contribution is 0.624. The minimum Gasteiger partial charge on any atom is -0.383 e. The molecule has 2 N–H and O–H groups in total. The van der Waals surface area contributed by atoms with Crippen LogP contribution in [0.3, 0.4) is 0 Å². The summed E-state index contributed by atoms with van der Waals surface area (Å²) in [5.74, 6) is 1.47. The van der Waals surface area contributed by atoms with Gasteiger partial charge in [-0.3, -0.25) is 4.68 Å². The molecular formula is C10H13N5.